The fraction of sp³-hybridized carbons (Fsp3) is 0.818. The lowest BCUT2D eigenvalue weighted by molar-refractivity contribution is 0.352. The number of hydrogen-bond acceptors (Lipinski definition) is 3. The van der Waals surface area contributed by atoms with Crippen LogP contribution in [0, 0.1) is 0 Å². The van der Waals surface area contributed by atoms with Gasteiger partial charge in [0.05, 0.1) is 0 Å². The van der Waals surface area contributed by atoms with Crippen LogP contribution < -0.4 is 11.0 Å². The Hall–Kier alpha value is -1.10. The van der Waals surface area contributed by atoms with Crippen molar-refractivity contribution in [1.29, 1.82) is 0 Å². The zero-order valence-corrected chi connectivity index (χ0v) is 9.65. The van der Waals surface area contributed by atoms with Crippen molar-refractivity contribution < 1.29 is 0 Å². The van der Waals surface area contributed by atoms with Crippen molar-refractivity contribution in [2.45, 2.75) is 37.6 Å². The highest BCUT2D eigenvalue weighted by Crippen LogP contribution is 2.39. The van der Waals surface area contributed by atoms with Gasteiger partial charge in [-0.3, -0.25) is 4.57 Å². The van der Waals surface area contributed by atoms with Crippen LogP contribution in [0.25, 0.3) is 0 Å². The zero-order valence-electron chi connectivity index (χ0n) is 9.65. The number of aryl methyl sites for hydroxylation is 1. The van der Waals surface area contributed by atoms with Crippen LogP contribution in [0.2, 0.25) is 0 Å². The van der Waals surface area contributed by atoms with E-state index in [1.165, 1.54) is 17.5 Å². The standard InChI is InChI=1S/C11H18N4O/c1-14-11(16)15(9-4-6-12-7-5-9)10(13-14)8-2-3-8/h8-9,12H,2-7H2,1H3. The van der Waals surface area contributed by atoms with E-state index in [0.717, 1.165) is 31.8 Å². The van der Waals surface area contributed by atoms with Crippen molar-refractivity contribution in [3.05, 3.63) is 16.3 Å². The van der Waals surface area contributed by atoms with E-state index in [0.29, 0.717) is 12.0 Å². The molecule has 2 aliphatic rings. The quantitative estimate of drug-likeness (QED) is 0.787. The van der Waals surface area contributed by atoms with E-state index < -0.39 is 0 Å². The summed E-state index contributed by atoms with van der Waals surface area (Å²) in [5.74, 6) is 1.57. The van der Waals surface area contributed by atoms with Crippen molar-refractivity contribution in [3.8, 4) is 0 Å². The third-order valence-corrected chi connectivity index (χ3v) is 3.60. The lowest BCUT2D eigenvalue weighted by Gasteiger charge is -2.24. The Kier molecular flexibility index (Phi) is 2.35. The fourth-order valence-corrected chi connectivity index (χ4v) is 2.53. The average molecular weight is 222 g/mol. The summed E-state index contributed by atoms with van der Waals surface area (Å²) in [6.07, 6.45) is 4.49. The molecular formula is C11H18N4O. The van der Waals surface area contributed by atoms with Crippen molar-refractivity contribution in [3.63, 3.8) is 0 Å². The third kappa shape index (κ3) is 1.59. The largest absolute Gasteiger partial charge is 0.345 e. The molecule has 0 atom stereocenters. The SMILES string of the molecule is Cn1nc(C2CC2)n(C2CCNCC2)c1=O. The molecule has 1 N–H and O–H groups in total. The number of aromatic nitrogens is 3. The fourth-order valence-electron chi connectivity index (χ4n) is 2.53. The second-order valence-electron chi connectivity index (χ2n) is 4.89. The molecule has 5 heteroatoms. The molecule has 5 nitrogen and oxygen atoms in total. The summed E-state index contributed by atoms with van der Waals surface area (Å²) in [6.45, 7) is 2.02. The molecular weight excluding hydrogens is 204 g/mol. The molecule has 0 aromatic carbocycles. The third-order valence-electron chi connectivity index (χ3n) is 3.60. The van der Waals surface area contributed by atoms with Gasteiger partial charge in [0.2, 0.25) is 0 Å². The summed E-state index contributed by atoms with van der Waals surface area (Å²) in [5.41, 5.74) is 0.0637. The summed E-state index contributed by atoms with van der Waals surface area (Å²) in [6, 6.07) is 0.359. The molecule has 1 saturated carbocycles. The van der Waals surface area contributed by atoms with Gasteiger partial charge in [0.25, 0.3) is 0 Å². The van der Waals surface area contributed by atoms with E-state index in [-0.39, 0.29) is 5.69 Å². The van der Waals surface area contributed by atoms with Crippen molar-refractivity contribution in [2.75, 3.05) is 13.1 Å². The Bertz CT molecular complexity index is 437. The predicted octanol–water partition coefficient (Wildman–Crippen LogP) is 0.384. The molecule has 2 fully saturated rings. The minimum absolute atomic E-state index is 0.0637. The highest BCUT2D eigenvalue weighted by atomic mass is 16.2. The second-order valence-corrected chi connectivity index (χ2v) is 4.89. The molecule has 0 bridgehead atoms. The van der Waals surface area contributed by atoms with E-state index in [1.54, 1.807) is 7.05 Å². The number of hydrogen-bond donors (Lipinski definition) is 1. The van der Waals surface area contributed by atoms with Gasteiger partial charge in [-0.2, -0.15) is 5.10 Å². The zero-order chi connectivity index (χ0) is 11.1. The Morgan fingerprint density at radius 1 is 1.25 bits per heavy atom. The molecule has 3 rings (SSSR count). The van der Waals surface area contributed by atoms with Crippen LogP contribution in [-0.2, 0) is 7.05 Å². The summed E-state index contributed by atoms with van der Waals surface area (Å²) in [7, 11) is 1.76. The Balaban J connectivity index is 1.99. The first-order valence-corrected chi connectivity index (χ1v) is 6.13. The van der Waals surface area contributed by atoms with Crippen LogP contribution in [0.4, 0.5) is 0 Å². The molecule has 1 aliphatic carbocycles. The number of nitrogens with zero attached hydrogens (tertiary/aromatic N) is 3. The van der Waals surface area contributed by atoms with Gasteiger partial charge in [0.1, 0.15) is 5.82 Å². The first-order valence-electron chi connectivity index (χ1n) is 6.13. The normalized spacial score (nSPS) is 22.6. The monoisotopic (exact) mass is 222 g/mol. The smallest absolute Gasteiger partial charge is 0.317 e. The van der Waals surface area contributed by atoms with E-state index in [9.17, 15) is 4.79 Å². The predicted molar refractivity (Wildman–Crippen MR) is 60.6 cm³/mol. The molecule has 0 radical (unpaired) electrons. The first kappa shape index (κ1) is 10.1. The van der Waals surface area contributed by atoms with Crippen molar-refractivity contribution >= 4 is 0 Å². The van der Waals surface area contributed by atoms with Crippen LogP contribution >= 0.6 is 0 Å². The maximum Gasteiger partial charge on any atom is 0.345 e. The molecule has 1 aromatic rings. The van der Waals surface area contributed by atoms with Crippen LogP contribution in [0.3, 0.4) is 0 Å². The molecule has 1 aliphatic heterocycles. The van der Waals surface area contributed by atoms with Gasteiger partial charge in [0, 0.05) is 19.0 Å². The van der Waals surface area contributed by atoms with E-state index in [1.807, 2.05) is 4.57 Å². The van der Waals surface area contributed by atoms with Crippen LogP contribution in [-0.4, -0.2) is 27.4 Å². The van der Waals surface area contributed by atoms with Gasteiger partial charge in [-0.05, 0) is 38.8 Å². The van der Waals surface area contributed by atoms with Crippen LogP contribution in [0.5, 0.6) is 0 Å². The molecule has 1 aromatic heterocycles. The maximum atomic E-state index is 12.1. The van der Waals surface area contributed by atoms with Gasteiger partial charge < -0.3 is 5.32 Å². The lowest BCUT2D eigenvalue weighted by atomic mass is 10.1. The molecule has 2 heterocycles. The highest BCUT2D eigenvalue weighted by molar-refractivity contribution is 5.07. The number of piperidine rings is 1. The Morgan fingerprint density at radius 3 is 2.56 bits per heavy atom. The highest BCUT2D eigenvalue weighted by Gasteiger charge is 2.33. The van der Waals surface area contributed by atoms with E-state index in [2.05, 4.69) is 10.4 Å². The van der Waals surface area contributed by atoms with E-state index in [4.69, 9.17) is 0 Å². The van der Waals surface area contributed by atoms with Crippen LogP contribution in [0.15, 0.2) is 4.79 Å². The van der Waals surface area contributed by atoms with Crippen molar-refractivity contribution in [2.24, 2.45) is 7.05 Å². The molecule has 88 valence electrons. The molecule has 1 saturated heterocycles. The molecule has 0 amide bonds. The van der Waals surface area contributed by atoms with Gasteiger partial charge in [-0.1, -0.05) is 0 Å². The summed E-state index contributed by atoms with van der Waals surface area (Å²) < 4.78 is 3.45. The lowest BCUT2D eigenvalue weighted by Crippen LogP contribution is -2.35. The molecule has 0 unspecified atom stereocenters. The Morgan fingerprint density at radius 2 is 1.94 bits per heavy atom. The van der Waals surface area contributed by atoms with Gasteiger partial charge in [-0.15, -0.1) is 0 Å². The first-order chi connectivity index (χ1) is 7.77. The minimum atomic E-state index is 0.0637. The summed E-state index contributed by atoms with van der Waals surface area (Å²) >= 11 is 0. The maximum absolute atomic E-state index is 12.1. The van der Waals surface area contributed by atoms with Crippen LogP contribution in [0.1, 0.15) is 43.5 Å². The molecule has 16 heavy (non-hydrogen) atoms. The van der Waals surface area contributed by atoms with Gasteiger partial charge >= 0.3 is 5.69 Å². The minimum Gasteiger partial charge on any atom is -0.317 e. The number of nitrogens with one attached hydrogen (secondary N) is 1. The summed E-state index contributed by atoms with van der Waals surface area (Å²) in [4.78, 5) is 12.1. The van der Waals surface area contributed by atoms with Crippen molar-refractivity contribution in [1.82, 2.24) is 19.7 Å². The van der Waals surface area contributed by atoms with Gasteiger partial charge in [0.15, 0.2) is 0 Å². The molecule has 0 spiro atoms. The van der Waals surface area contributed by atoms with E-state index >= 15 is 0 Å². The average Bonchev–Trinajstić information content (AvgIpc) is 3.09. The Labute approximate surface area is 94.5 Å². The second kappa shape index (κ2) is 3.73. The number of rotatable bonds is 2. The van der Waals surface area contributed by atoms with Gasteiger partial charge in [-0.25, -0.2) is 9.48 Å². The summed E-state index contributed by atoms with van der Waals surface area (Å²) in [5, 5.41) is 7.73. The topological polar surface area (TPSA) is 51.9 Å².